The molecule has 1 aromatic heterocycles. The van der Waals surface area contributed by atoms with Crippen LogP contribution in [0.1, 0.15) is 45.6 Å². The minimum atomic E-state index is 0.680. The van der Waals surface area contributed by atoms with Crippen LogP contribution in [0.2, 0.25) is 0 Å². The van der Waals surface area contributed by atoms with E-state index in [0.717, 1.165) is 44.2 Å². The molecule has 0 amide bonds. The molecular formula is C15H28N2O. The number of nitrogens with one attached hydrogen (secondary N) is 1. The lowest BCUT2D eigenvalue weighted by Gasteiger charge is -2.17. The molecule has 0 radical (unpaired) electrons. The van der Waals surface area contributed by atoms with E-state index in [4.69, 9.17) is 4.42 Å². The van der Waals surface area contributed by atoms with E-state index in [1.165, 1.54) is 6.42 Å². The predicted molar refractivity (Wildman–Crippen MR) is 76.5 cm³/mol. The normalized spacial score (nSPS) is 11.7. The summed E-state index contributed by atoms with van der Waals surface area (Å²) in [6, 6.07) is 4.19. The van der Waals surface area contributed by atoms with Gasteiger partial charge in [0.1, 0.15) is 11.5 Å². The molecule has 0 aliphatic heterocycles. The first-order valence-electron chi connectivity index (χ1n) is 7.16. The first-order chi connectivity index (χ1) is 8.65. The van der Waals surface area contributed by atoms with E-state index in [1.54, 1.807) is 0 Å². The van der Waals surface area contributed by atoms with Crippen molar-refractivity contribution in [2.24, 2.45) is 5.92 Å². The maximum absolute atomic E-state index is 5.84. The molecular weight excluding hydrogens is 224 g/mol. The summed E-state index contributed by atoms with van der Waals surface area (Å²) in [6.45, 7) is 13.8. The van der Waals surface area contributed by atoms with Crippen molar-refractivity contribution in [3.63, 3.8) is 0 Å². The van der Waals surface area contributed by atoms with Gasteiger partial charge in [0, 0.05) is 0 Å². The van der Waals surface area contributed by atoms with Gasteiger partial charge in [0.15, 0.2) is 0 Å². The minimum Gasteiger partial charge on any atom is -0.463 e. The second kappa shape index (κ2) is 8.33. The van der Waals surface area contributed by atoms with E-state index < -0.39 is 0 Å². The number of nitrogens with zero attached hydrogens (tertiary/aromatic N) is 1. The van der Waals surface area contributed by atoms with Crippen LogP contribution in [0, 0.1) is 5.92 Å². The lowest BCUT2D eigenvalue weighted by molar-refractivity contribution is 0.253. The average molecular weight is 252 g/mol. The maximum atomic E-state index is 5.84. The van der Waals surface area contributed by atoms with Gasteiger partial charge in [-0.25, -0.2) is 0 Å². The Kier molecular flexibility index (Phi) is 7.06. The summed E-state index contributed by atoms with van der Waals surface area (Å²) in [5, 5.41) is 3.40. The Labute approximate surface area is 112 Å². The van der Waals surface area contributed by atoms with Crippen molar-refractivity contribution >= 4 is 0 Å². The van der Waals surface area contributed by atoms with Crippen molar-refractivity contribution in [2.45, 2.75) is 47.2 Å². The summed E-state index contributed by atoms with van der Waals surface area (Å²) in [5.74, 6) is 2.80. The average Bonchev–Trinajstić information content (AvgIpc) is 2.76. The molecule has 3 heteroatoms. The van der Waals surface area contributed by atoms with Crippen molar-refractivity contribution in [2.75, 3.05) is 19.6 Å². The quantitative estimate of drug-likeness (QED) is 0.731. The van der Waals surface area contributed by atoms with Crippen molar-refractivity contribution in [1.29, 1.82) is 0 Å². The Morgan fingerprint density at radius 3 is 2.56 bits per heavy atom. The van der Waals surface area contributed by atoms with Crippen LogP contribution < -0.4 is 5.32 Å². The van der Waals surface area contributed by atoms with Crippen LogP contribution in [-0.2, 0) is 13.1 Å². The Morgan fingerprint density at radius 2 is 1.94 bits per heavy atom. The molecule has 0 fully saturated rings. The first kappa shape index (κ1) is 15.3. The van der Waals surface area contributed by atoms with Crippen LogP contribution in [-0.4, -0.2) is 24.5 Å². The zero-order valence-electron chi connectivity index (χ0n) is 12.3. The van der Waals surface area contributed by atoms with Gasteiger partial charge < -0.3 is 9.73 Å². The zero-order valence-corrected chi connectivity index (χ0v) is 12.3. The highest BCUT2D eigenvalue weighted by molar-refractivity contribution is 5.07. The molecule has 1 N–H and O–H groups in total. The van der Waals surface area contributed by atoms with Crippen molar-refractivity contribution in [1.82, 2.24) is 10.2 Å². The van der Waals surface area contributed by atoms with E-state index >= 15 is 0 Å². The lowest BCUT2D eigenvalue weighted by atomic mass is 10.2. The highest BCUT2D eigenvalue weighted by atomic mass is 16.3. The van der Waals surface area contributed by atoms with Gasteiger partial charge in [-0.15, -0.1) is 0 Å². The molecule has 1 aromatic rings. The molecule has 0 aliphatic rings. The lowest BCUT2D eigenvalue weighted by Crippen LogP contribution is -2.23. The Hall–Kier alpha value is -0.800. The summed E-state index contributed by atoms with van der Waals surface area (Å²) >= 11 is 0. The van der Waals surface area contributed by atoms with Crippen LogP contribution >= 0.6 is 0 Å². The fourth-order valence-corrected chi connectivity index (χ4v) is 1.97. The van der Waals surface area contributed by atoms with Gasteiger partial charge in [-0.1, -0.05) is 27.7 Å². The molecule has 3 nitrogen and oxygen atoms in total. The molecule has 1 heterocycles. The third-order valence-electron chi connectivity index (χ3n) is 2.94. The standard InChI is InChI=1S/C15H28N2O/c1-5-9-17(6-2)12-15-8-7-14(18-15)11-16-10-13(3)4/h7-8,13,16H,5-6,9-12H2,1-4H3. The Balaban J connectivity index is 2.37. The topological polar surface area (TPSA) is 28.4 Å². The molecule has 18 heavy (non-hydrogen) atoms. The van der Waals surface area contributed by atoms with Crippen LogP contribution in [0.3, 0.4) is 0 Å². The molecule has 1 rings (SSSR count). The number of hydrogen-bond acceptors (Lipinski definition) is 3. The third kappa shape index (κ3) is 5.69. The van der Waals surface area contributed by atoms with Crippen LogP contribution in [0.15, 0.2) is 16.5 Å². The minimum absolute atomic E-state index is 0.680. The van der Waals surface area contributed by atoms with Crippen LogP contribution in [0.25, 0.3) is 0 Å². The molecule has 0 aromatic carbocycles. The number of rotatable bonds is 9. The van der Waals surface area contributed by atoms with Gasteiger partial charge in [0.05, 0.1) is 13.1 Å². The van der Waals surface area contributed by atoms with E-state index in [-0.39, 0.29) is 0 Å². The van der Waals surface area contributed by atoms with Gasteiger partial charge >= 0.3 is 0 Å². The van der Waals surface area contributed by atoms with Crippen LogP contribution in [0.5, 0.6) is 0 Å². The maximum Gasteiger partial charge on any atom is 0.118 e. The van der Waals surface area contributed by atoms with E-state index in [9.17, 15) is 0 Å². The van der Waals surface area contributed by atoms with Crippen LogP contribution in [0.4, 0.5) is 0 Å². The van der Waals surface area contributed by atoms with Crippen molar-refractivity contribution < 1.29 is 4.42 Å². The summed E-state index contributed by atoms with van der Waals surface area (Å²) < 4.78 is 5.84. The second-order valence-electron chi connectivity index (χ2n) is 5.26. The molecule has 104 valence electrons. The summed E-state index contributed by atoms with van der Waals surface area (Å²) in [4.78, 5) is 2.41. The van der Waals surface area contributed by atoms with Gasteiger partial charge in [-0.2, -0.15) is 0 Å². The molecule has 0 aliphatic carbocycles. The van der Waals surface area contributed by atoms with Gasteiger partial charge in [-0.3, -0.25) is 4.90 Å². The van der Waals surface area contributed by atoms with E-state index in [1.807, 2.05) is 0 Å². The molecule has 0 saturated heterocycles. The highest BCUT2D eigenvalue weighted by Gasteiger charge is 2.07. The van der Waals surface area contributed by atoms with E-state index in [2.05, 4.69) is 50.0 Å². The largest absolute Gasteiger partial charge is 0.463 e. The fraction of sp³-hybridized carbons (Fsp3) is 0.733. The molecule has 0 spiro atoms. The van der Waals surface area contributed by atoms with Gasteiger partial charge in [0.25, 0.3) is 0 Å². The van der Waals surface area contributed by atoms with Crippen molar-refractivity contribution in [3.05, 3.63) is 23.7 Å². The molecule has 0 saturated carbocycles. The SMILES string of the molecule is CCCN(CC)Cc1ccc(CNCC(C)C)o1. The summed E-state index contributed by atoms with van der Waals surface area (Å²) in [5.41, 5.74) is 0. The number of hydrogen-bond donors (Lipinski definition) is 1. The third-order valence-corrected chi connectivity index (χ3v) is 2.94. The molecule has 0 unspecified atom stereocenters. The Bertz CT molecular complexity index is 320. The zero-order chi connectivity index (χ0) is 13.4. The fourth-order valence-electron chi connectivity index (χ4n) is 1.97. The van der Waals surface area contributed by atoms with Crippen molar-refractivity contribution in [3.8, 4) is 0 Å². The smallest absolute Gasteiger partial charge is 0.118 e. The number of furan rings is 1. The highest BCUT2D eigenvalue weighted by Crippen LogP contribution is 2.11. The van der Waals surface area contributed by atoms with E-state index in [0.29, 0.717) is 5.92 Å². The second-order valence-corrected chi connectivity index (χ2v) is 5.26. The summed E-state index contributed by atoms with van der Waals surface area (Å²) in [7, 11) is 0. The Morgan fingerprint density at radius 1 is 1.22 bits per heavy atom. The van der Waals surface area contributed by atoms with Gasteiger partial charge in [0.2, 0.25) is 0 Å². The summed E-state index contributed by atoms with van der Waals surface area (Å²) in [6.07, 6.45) is 1.19. The first-order valence-corrected chi connectivity index (χ1v) is 7.16. The monoisotopic (exact) mass is 252 g/mol. The predicted octanol–water partition coefficient (Wildman–Crippen LogP) is 3.26. The molecule has 0 bridgehead atoms. The molecule has 0 atom stereocenters. The van der Waals surface area contributed by atoms with Gasteiger partial charge in [-0.05, 0) is 44.1 Å².